The average Bonchev–Trinajstić information content (AvgIpc) is 2.30. The Hall–Kier alpha value is -0.550. The molecule has 0 saturated heterocycles. The fourth-order valence-corrected chi connectivity index (χ4v) is 2.03. The highest BCUT2D eigenvalue weighted by atomic mass is 35.5. The van der Waals surface area contributed by atoms with E-state index >= 15 is 0 Å². The lowest BCUT2D eigenvalue weighted by Gasteiger charge is -2.18. The Kier molecular flexibility index (Phi) is 7.55. The maximum atomic E-state index is 11.6. The van der Waals surface area contributed by atoms with E-state index in [1.807, 2.05) is 0 Å². The summed E-state index contributed by atoms with van der Waals surface area (Å²) in [4.78, 5) is 15.8. The first-order chi connectivity index (χ1) is 7.74. The van der Waals surface area contributed by atoms with Crippen molar-refractivity contribution < 1.29 is 9.53 Å². The number of nitrogens with one attached hydrogen (secondary N) is 1. The van der Waals surface area contributed by atoms with Crippen LogP contribution in [0, 0.1) is 0 Å². The third kappa shape index (κ3) is 3.48. The van der Waals surface area contributed by atoms with Crippen molar-refractivity contribution in [1.82, 2.24) is 10.3 Å². The van der Waals surface area contributed by atoms with Gasteiger partial charge in [-0.1, -0.05) is 11.6 Å². The Balaban J connectivity index is 0.00000144. The first kappa shape index (κ1) is 17.4. The van der Waals surface area contributed by atoms with E-state index in [0.29, 0.717) is 23.7 Å². The number of rotatable bonds is 2. The summed E-state index contributed by atoms with van der Waals surface area (Å²) in [5, 5.41) is 3.67. The molecule has 0 unspecified atom stereocenters. The number of ether oxygens (including phenoxy) is 1. The second-order valence-corrected chi connectivity index (χ2v) is 3.94. The van der Waals surface area contributed by atoms with Gasteiger partial charge in [0, 0.05) is 37.0 Å². The Bertz CT molecular complexity index is 427. The van der Waals surface area contributed by atoms with Gasteiger partial charge >= 0.3 is 5.97 Å². The van der Waals surface area contributed by atoms with E-state index in [0.717, 1.165) is 24.2 Å². The molecule has 0 radical (unpaired) electrons. The van der Waals surface area contributed by atoms with Crippen LogP contribution in [0.4, 0.5) is 0 Å². The number of hydrogen-bond acceptors (Lipinski definition) is 4. The summed E-state index contributed by atoms with van der Waals surface area (Å²) in [5.74, 6) is -0.409. The molecular weight excluding hydrogens is 298 g/mol. The lowest BCUT2D eigenvalue weighted by Crippen LogP contribution is -2.25. The minimum absolute atomic E-state index is 0. The maximum absolute atomic E-state index is 11.6. The molecule has 0 spiro atoms. The fourth-order valence-electron chi connectivity index (χ4n) is 1.73. The van der Waals surface area contributed by atoms with Gasteiger partial charge in [0.2, 0.25) is 0 Å². The van der Waals surface area contributed by atoms with Gasteiger partial charge in [0.05, 0.1) is 17.2 Å². The van der Waals surface area contributed by atoms with Crippen LogP contribution in [0.15, 0.2) is 6.20 Å². The smallest absolute Gasteiger partial charge is 0.341 e. The molecule has 0 atom stereocenters. The predicted octanol–water partition coefficient (Wildman–Crippen LogP) is 2.40. The Labute approximate surface area is 123 Å². The van der Waals surface area contributed by atoms with Crippen LogP contribution in [0.1, 0.15) is 28.5 Å². The lowest BCUT2D eigenvalue weighted by atomic mass is 10.1. The quantitative estimate of drug-likeness (QED) is 0.852. The number of carbonyl (C=O) groups excluding carboxylic acids is 1. The molecule has 2 heterocycles. The molecule has 1 aliphatic rings. The number of pyridine rings is 1. The number of nitrogens with zero attached hydrogens (tertiary/aromatic N) is 1. The molecule has 1 aliphatic heterocycles. The van der Waals surface area contributed by atoms with Crippen LogP contribution in [0.3, 0.4) is 0 Å². The van der Waals surface area contributed by atoms with Crippen molar-refractivity contribution in [2.24, 2.45) is 0 Å². The highest BCUT2D eigenvalue weighted by molar-refractivity contribution is 6.34. The van der Waals surface area contributed by atoms with Crippen molar-refractivity contribution in [1.29, 1.82) is 0 Å². The van der Waals surface area contributed by atoms with Crippen LogP contribution in [0.5, 0.6) is 0 Å². The van der Waals surface area contributed by atoms with Gasteiger partial charge in [-0.05, 0) is 6.92 Å². The number of halogens is 3. The summed E-state index contributed by atoms with van der Waals surface area (Å²) in [7, 11) is 0. The average molecular weight is 314 g/mol. The second kappa shape index (κ2) is 7.79. The molecule has 0 amide bonds. The molecule has 4 nitrogen and oxygen atoms in total. The van der Waals surface area contributed by atoms with Crippen molar-refractivity contribution in [3.05, 3.63) is 28.0 Å². The molecule has 0 saturated carbocycles. The molecule has 18 heavy (non-hydrogen) atoms. The van der Waals surface area contributed by atoms with Crippen molar-refractivity contribution in [3.8, 4) is 0 Å². The van der Waals surface area contributed by atoms with E-state index < -0.39 is 5.97 Å². The largest absolute Gasteiger partial charge is 0.462 e. The van der Waals surface area contributed by atoms with Crippen LogP contribution in [-0.4, -0.2) is 24.1 Å². The standard InChI is InChI=1S/C11H13ClN2O2.2ClH/c1-2-16-11(15)8-6-14-9-3-4-13-5-7(9)10(8)12;;/h6,13H,2-5H2,1H3;2*1H. The van der Waals surface area contributed by atoms with Gasteiger partial charge in [-0.2, -0.15) is 0 Å². The number of hydrogen-bond donors (Lipinski definition) is 1. The molecule has 0 bridgehead atoms. The molecule has 0 fully saturated rings. The third-order valence-electron chi connectivity index (χ3n) is 2.53. The summed E-state index contributed by atoms with van der Waals surface area (Å²) in [6.45, 7) is 3.66. The summed E-state index contributed by atoms with van der Waals surface area (Å²) in [5.41, 5.74) is 2.24. The van der Waals surface area contributed by atoms with Crippen molar-refractivity contribution in [2.45, 2.75) is 19.9 Å². The van der Waals surface area contributed by atoms with E-state index in [9.17, 15) is 4.79 Å². The van der Waals surface area contributed by atoms with Crippen LogP contribution < -0.4 is 5.32 Å². The molecule has 0 aromatic carbocycles. The van der Waals surface area contributed by atoms with E-state index in [1.54, 1.807) is 6.92 Å². The highest BCUT2D eigenvalue weighted by Gasteiger charge is 2.20. The molecule has 1 N–H and O–H groups in total. The Morgan fingerprint density at radius 2 is 2.28 bits per heavy atom. The second-order valence-electron chi connectivity index (χ2n) is 3.56. The van der Waals surface area contributed by atoms with Gasteiger partial charge in [-0.25, -0.2) is 4.79 Å². The maximum Gasteiger partial charge on any atom is 0.341 e. The van der Waals surface area contributed by atoms with Gasteiger partial charge < -0.3 is 10.1 Å². The Morgan fingerprint density at radius 3 is 2.94 bits per heavy atom. The van der Waals surface area contributed by atoms with Gasteiger partial charge in [-0.15, -0.1) is 24.8 Å². The Morgan fingerprint density at radius 1 is 1.56 bits per heavy atom. The molecule has 1 aromatic heterocycles. The topological polar surface area (TPSA) is 51.2 Å². The van der Waals surface area contributed by atoms with Gasteiger partial charge in [0.25, 0.3) is 0 Å². The first-order valence-electron chi connectivity index (χ1n) is 5.28. The zero-order valence-corrected chi connectivity index (χ0v) is 12.3. The molecule has 1 aromatic rings. The third-order valence-corrected chi connectivity index (χ3v) is 2.97. The molecular formula is C11H15Cl3N2O2. The normalized spacial score (nSPS) is 12.8. The van der Waals surface area contributed by atoms with Crippen LogP contribution >= 0.6 is 36.4 Å². The molecule has 102 valence electrons. The zero-order valence-electron chi connectivity index (χ0n) is 9.86. The number of esters is 1. The molecule has 7 heteroatoms. The van der Waals surface area contributed by atoms with Crippen LogP contribution in [0.25, 0.3) is 0 Å². The van der Waals surface area contributed by atoms with Crippen molar-refractivity contribution >= 4 is 42.4 Å². The highest BCUT2D eigenvalue weighted by Crippen LogP contribution is 2.25. The molecule has 2 rings (SSSR count). The summed E-state index contributed by atoms with van der Waals surface area (Å²) >= 11 is 6.18. The number of aromatic nitrogens is 1. The van der Waals surface area contributed by atoms with Crippen LogP contribution in [-0.2, 0) is 17.7 Å². The predicted molar refractivity (Wildman–Crippen MR) is 75.1 cm³/mol. The van der Waals surface area contributed by atoms with E-state index in [1.165, 1.54) is 6.20 Å². The molecule has 0 aliphatic carbocycles. The van der Waals surface area contributed by atoms with E-state index in [4.69, 9.17) is 16.3 Å². The van der Waals surface area contributed by atoms with E-state index in [-0.39, 0.29) is 24.8 Å². The van der Waals surface area contributed by atoms with E-state index in [2.05, 4.69) is 10.3 Å². The number of fused-ring (bicyclic) bond motifs is 1. The van der Waals surface area contributed by atoms with Crippen molar-refractivity contribution in [2.75, 3.05) is 13.2 Å². The monoisotopic (exact) mass is 312 g/mol. The number of carbonyl (C=O) groups is 1. The van der Waals surface area contributed by atoms with Gasteiger partial charge in [-0.3, -0.25) is 4.98 Å². The van der Waals surface area contributed by atoms with Gasteiger partial charge in [0.1, 0.15) is 0 Å². The minimum Gasteiger partial charge on any atom is -0.462 e. The zero-order chi connectivity index (χ0) is 11.5. The summed E-state index contributed by atoms with van der Waals surface area (Å²) < 4.78 is 4.92. The minimum atomic E-state index is -0.409. The summed E-state index contributed by atoms with van der Waals surface area (Å²) in [6.07, 6.45) is 2.35. The van der Waals surface area contributed by atoms with Crippen molar-refractivity contribution in [3.63, 3.8) is 0 Å². The SMILES string of the molecule is CCOC(=O)c1cnc2c(c1Cl)CNCC2.Cl.Cl. The fraction of sp³-hybridized carbons (Fsp3) is 0.455. The lowest BCUT2D eigenvalue weighted by molar-refractivity contribution is 0.0526. The summed E-state index contributed by atoms with van der Waals surface area (Å²) in [6, 6.07) is 0. The van der Waals surface area contributed by atoms with Crippen LogP contribution in [0.2, 0.25) is 5.02 Å². The first-order valence-corrected chi connectivity index (χ1v) is 5.66. The van der Waals surface area contributed by atoms with Gasteiger partial charge in [0.15, 0.2) is 0 Å².